The van der Waals surface area contributed by atoms with Crippen molar-refractivity contribution in [2.24, 2.45) is 5.41 Å². The van der Waals surface area contributed by atoms with Crippen molar-refractivity contribution in [2.75, 3.05) is 18.9 Å². The van der Waals surface area contributed by atoms with Gasteiger partial charge in [0.15, 0.2) is 5.65 Å². The summed E-state index contributed by atoms with van der Waals surface area (Å²) in [5, 5.41) is 5.35. The van der Waals surface area contributed by atoms with Gasteiger partial charge in [-0.2, -0.15) is 5.10 Å². The van der Waals surface area contributed by atoms with Gasteiger partial charge in [0.1, 0.15) is 12.1 Å². The number of hydrogen-bond acceptors (Lipinski definition) is 5. The van der Waals surface area contributed by atoms with E-state index in [2.05, 4.69) is 22.0 Å². The van der Waals surface area contributed by atoms with Gasteiger partial charge in [0.25, 0.3) is 0 Å². The Labute approximate surface area is 113 Å². The SMILES string of the molecule is CC.Cc1nn(CC2(C)COC2)c2ncnc(N)c12. The molecular weight excluding hydrogens is 242 g/mol. The van der Waals surface area contributed by atoms with Crippen molar-refractivity contribution in [3.05, 3.63) is 12.0 Å². The Kier molecular flexibility index (Phi) is 3.71. The molecule has 0 unspecified atom stereocenters. The third-order valence-corrected chi connectivity index (χ3v) is 3.17. The molecule has 0 saturated carbocycles. The van der Waals surface area contributed by atoms with E-state index in [9.17, 15) is 0 Å². The summed E-state index contributed by atoms with van der Waals surface area (Å²) in [5.41, 5.74) is 7.69. The summed E-state index contributed by atoms with van der Waals surface area (Å²) in [4.78, 5) is 8.27. The molecule has 3 heterocycles. The lowest BCUT2D eigenvalue weighted by Crippen LogP contribution is -2.43. The predicted octanol–water partition coefficient (Wildman–Crippen LogP) is 1.78. The van der Waals surface area contributed by atoms with Crippen LogP contribution in [0.1, 0.15) is 26.5 Å². The topological polar surface area (TPSA) is 78.8 Å². The second kappa shape index (κ2) is 5.13. The van der Waals surface area contributed by atoms with E-state index in [4.69, 9.17) is 10.5 Å². The van der Waals surface area contributed by atoms with Crippen molar-refractivity contribution >= 4 is 16.9 Å². The first-order chi connectivity index (χ1) is 9.09. The molecule has 1 fully saturated rings. The van der Waals surface area contributed by atoms with Crippen molar-refractivity contribution < 1.29 is 4.74 Å². The lowest BCUT2D eigenvalue weighted by Gasteiger charge is -2.37. The van der Waals surface area contributed by atoms with E-state index in [1.54, 1.807) is 0 Å². The zero-order chi connectivity index (χ0) is 14.0. The lowest BCUT2D eigenvalue weighted by molar-refractivity contribution is -0.111. The minimum Gasteiger partial charge on any atom is -0.383 e. The summed E-state index contributed by atoms with van der Waals surface area (Å²) in [7, 11) is 0. The Hall–Kier alpha value is -1.69. The summed E-state index contributed by atoms with van der Waals surface area (Å²) in [6.45, 7) is 10.5. The number of ether oxygens (including phenoxy) is 1. The van der Waals surface area contributed by atoms with Crippen LogP contribution < -0.4 is 5.73 Å². The zero-order valence-corrected chi connectivity index (χ0v) is 12.0. The van der Waals surface area contributed by atoms with Gasteiger partial charge in [0.2, 0.25) is 0 Å². The zero-order valence-electron chi connectivity index (χ0n) is 12.0. The van der Waals surface area contributed by atoms with E-state index >= 15 is 0 Å². The summed E-state index contributed by atoms with van der Waals surface area (Å²) < 4.78 is 7.16. The van der Waals surface area contributed by atoms with Crippen LogP contribution in [0.15, 0.2) is 6.33 Å². The predicted molar refractivity (Wildman–Crippen MR) is 74.7 cm³/mol. The maximum atomic E-state index is 5.85. The summed E-state index contributed by atoms with van der Waals surface area (Å²) in [5.74, 6) is 0.494. The Bertz CT molecular complexity index is 574. The number of hydrogen-bond donors (Lipinski definition) is 1. The fraction of sp³-hybridized carbons (Fsp3) is 0.615. The van der Waals surface area contributed by atoms with Crippen molar-refractivity contribution in [1.29, 1.82) is 0 Å². The van der Waals surface area contributed by atoms with Gasteiger partial charge in [0, 0.05) is 5.41 Å². The molecule has 104 valence electrons. The molecular formula is C13H21N5O. The van der Waals surface area contributed by atoms with Crippen LogP contribution in [0, 0.1) is 12.3 Å². The first-order valence-electron chi connectivity index (χ1n) is 6.60. The molecule has 3 rings (SSSR count). The molecule has 19 heavy (non-hydrogen) atoms. The molecule has 1 aliphatic heterocycles. The van der Waals surface area contributed by atoms with Gasteiger partial charge in [-0.3, -0.25) is 0 Å². The first kappa shape index (κ1) is 13.7. The highest BCUT2D eigenvalue weighted by Crippen LogP contribution is 2.30. The highest BCUT2D eigenvalue weighted by atomic mass is 16.5. The first-order valence-corrected chi connectivity index (χ1v) is 6.60. The van der Waals surface area contributed by atoms with Gasteiger partial charge in [-0.15, -0.1) is 0 Å². The molecule has 0 aromatic carbocycles. The maximum absolute atomic E-state index is 5.85. The fourth-order valence-corrected chi connectivity index (χ4v) is 2.22. The highest BCUT2D eigenvalue weighted by molar-refractivity contribution is 5.87. The van der Waals surface area contributed by atoms with E-state index in [0.29, 0.717) is 5.82 Å². The number of aryl methyl sites for hydroxylation is 1. The minimum atomic E-state index is 0.158. The molecule has 0 bridgehead atoms. The van der Waals surface area contributed by atoms with Crippen molar-refractivity contribution in [3.8, 4) is 0 Å². The van der Waals surface area contributed by atoms with Crippen molar-refractivity contribution in [3.63, 3.8) is 0 Å². The minimum absolute atomic E-state index is 0.158. The molecule has 1 aliphatic rings. The highest BCUT2D eigenvalue weighted by Gasteiger charge is 2.34. The largest absolute Gasteiger partial charge is 0.383 e. The molecule has 0 radical (unpaired) electrons. The van der Waals surface area contributed by atoms with E-state index in [1.807, 2.05) is 25.5 Å². The normalized spacial score (nSPS) is 16.6. The van der Waals surface area contributed by atoms with E-state index in [1.165, 1.54) is 6.33 Å². The van der Waals surface area contributed by atoms with Crippen LogP contribution in [0.3, 0.4) is 0 Å². The molecule has 0 amide bonds. The quantitative estimate of drug-likeness (QED) is 0.893. The molecule has 6 nitrogen and oxygen atoms in total. The number of anilines is 1. The van der Waals surface area contributed by atoms with Crippen LogP contribution in [-0.2, 0) is 11.3 Å². The smallest absolute Gasteiger partial charge is 0.163 e. The van der Waals surface area contributed by atoms with Crippen LogP contribution >= 0.6 is 0 Å². The van der Waals surface area contributed by atoms with Crippen LogP contribution in [0.5, 0.6) is 0 Å². The van der Waals surface area contributed by atoms with Crippen LogP contribution in [0.2, 0.25) is 0 Å². The number of aromatic nitrogens is 4. The van der Waals surface area contributed by atoms with Crippen LogP contribution in [0.4, 0.5) is 5.82 Å². The average Bonchev–Trinajstić information content (AvgIpc) is 2.68. The monoisotopic (exact) mass is 263 g/mol. The Morgan fingerprint density at radius 1 is 1.37 bits per heavy atom. The second-order valence-corrected chi connectivity index (χ2v) is 5.00. The summed E-state index contributed by atoms with van der Waals surface area (Å²) in [6, 6.07) is 0. The Morgan fingerprint density at radius 2 is 2.05 bits per heavy atom. The molecule has 2 N–H and O–H groups in total. The fourth-order valence-electron chi connectivity index (χ4n) is 2.22. The number of nitrogen functional groups attached to an aromatic ring is 1. The van der Waals surface area contributed by atoms with Gasteiger partial charge < -0.3 is 10.5 Å². The number of rotatable bonds is 2. The van der Waals surface area contributed by atoms with E-state index < -0.39 is 0 Å². The van der Waals surface area contributed by atoms with Crippen LogP contribution in [0.25, 0.3) is 11.0 Å². The average molecular weight is 263 g/mol. The van der Waals surface area contributed by atoms with Gasteiger partial charge >= 0.3 is 0 Å². The standard InChI is InChI=1S/C11H15N5O.C2H6/c1-7-8-9(12)13-6-14-10(8)16(15-7)3-11(2)4-17-5-11;1-2/h6H,3-5H2,1-2H3,(H2,12,13,14);1-2H3. The summed E-state index contributed by atoms with van der Waals surface area (Å²) >= 11 is 0. The van der Waals surface area contributed by atoms with E-state index in [0.717, 1.165) is 36.5 Å². The third-order valence-electron chi connectivity index (χ3n) is 3.17. The molecule has 0 atom stereocenters. The lowest BCUT2D eigenvalue weighted by atomic mass is 9.89. The molecule has 0 aliphatic carbocycles. The van der Waals surface area contributed by atoms with Crippen LogP contribution in [-0.4, -0.2) is 33.0 Å². The maximum Gasteiger partial charge on any atom is 0.163 e. The number of fused-ring (bicyclic) bond motifs is 1. The molecule has 0 spiro atoms. The van der Waals surface area contributed by atoms with Gasteiger partial charge in [0.05, 0.1) is 30.8 Å². The summed E-state index contributed by atoms with van der Waals surface area (Å²) in [6.07, 6.45) is 1.48. The second-order valence-electron chi connectivity index (χ2n) is 5.00. The van der Waals surface area contributed by atoms with Gasteiger partial charge in [-0.25, -0.2) is 14.6 Å². The Balaban J connectivity index is 0.000000637. The third kappa shape index (κ3) is 2.40. The number of nitrogens with zero attached hydrogens (tertiary/aromatic N) is 4. The molecule has 2 aromatic rings. The number of nitrogens with two attached hydrogens (primary N) is 1. The molecule has 1 saturated heterocycles. The van der Waals surface area contributed by atoms with Crippen molar-refractivity contribution in [2.45, 2.75) is 34.2 Å². The molecule has 6 heteroatoms. The van der Waals surface area contributed by atoms with Crippen molar-refractivity contribution in [1.82, 2.24) is 19.7 Å². The van der Waals surface area contributed by atoms with Gasteiger partial charge in [-0.1, -0.05) is 20.8 Å². The molecule has 2 aromatic heterocycles. The Morgan fingerprint density at radius 3 is 2.63 bits per heavy atom. The van der Waals surface area contributed by atoms with E-state index in [-0.39, 0.29) is 5.41 Å². The van der Waals surface area contributed by atoms with Gasteiger partial charge in [-0.05, 0) is 6.92 Å².